The zero-order chi connectivity index (χ0) is 40.6. The first-order chi connectivity index (χ1) is 30.3. The molecule has 11 rings (SSSR count). The van der Waals surface area contributed by atoms with E-state index in [0.29, 0.717) is 0 Å². The second kappa shape index (κ2) is 15.5. The van der Waals surface area contributed by atoms with E-state index in [2.05, 4.69) is 252 Å². The predicted octanol–water partition coefficient (Wildman–Crippen LogP) is 15.5. The summed E-state index contributed by atoms with van der Waals surface area (Å²) in [5.74, 6) is 0. The molecule has 0 bridgehead atoms. The van der Waals surface area contributed by atoms with Crippen molar-refractivity contribution in [3.63, 3.8) is 0 Å². The van der Waals surface area contributed by atoms with Crippen LogP contribution in [0.15, 0.2) is 243 Å². The standard InChI is InChI=1S/C59H44N2/c1-5-20-45(21-6-1)59(46-22-7-2-8-23-46,47-24-9-3-10-25-47)48-36-40-51(41-37-48)60(49-26-11-4-12-27-49)50-38-33-44(34-39-50)52-28-15-17-31-55(52)61-56-32-18-16-30-54(56)58-53-29-14-13-19-43(53)35-42-57(58)61/h1-14,16,18-42H,15,17H2. The Hall–Kier alpha value is -7.68. The Balaban J connectivity index is 1.00. The third kappa shape index (κ3) is 6.19. The summed E-state index contributed by atoms with van der Waals surface area (Å²) in [5, 5.41) is 5.16. The molecule has 2 heteroatoms. The number of fused-ring (bicyclic) bond motifs is 5. The van der Waals surface area contributed by atoms with Gasteiger partial charge in [-0.1, -0.05) is 194 Å². The van der Waals surface area contributed by atoms with Crippen LogP contribution in [0.2, 0.25) is 0 Å². The Bertz CT molecular complexity index is 3100. The third-order valence-corrected chi connectivity index (χ3v) is 12.6. The number of aromatic nitrogens is 1. The monoisotopic (exact) mass is 780 g/mol. The summed E-state index contributed by atoms with van der Waals surface area (Å²) in [6.07, 6.45) is 6.89. The van der Waals surface area contributed by atoms with Crippen LogP contribution in [0.1, 0.15) is 40.7 Å². The number of hydrogen-bond donors (Lipinski definition) is 0. The molecule has 290 valence electrons. The molecule has 2 nitrogen and oxygen atoms in total. The van der Waals surface area contributed by atoms with Gasteiger partial charge >= 0.3 is 0 Å². The second-order valence-corrected chi connectivity index (χ2v) is 15.9. The Morgan fingerprint density at radius 1 is 0.361 bits per heavy atom. The fraction of sp³-hybridized carbons (Fsp3) is 0.0508. The number of allylic oxidation sites excluding steroid dienone is 4. The summed E-state index contributed by atoms with van der Waals surface area (Å²) in [4.78, 5) is 2.37. The van der Waals surface area contributed by atoms with Crippen molar-refractivity contribution >= 4 is 60.9 Å². The average molecular weight is 781 g/mol. The van der Waals surface area contributed by atoms with Crippen molar-refractivity contribution in [3.8, 4) is 0 Å². The summed E-state index contributed by atoms with van der Waals surface area (Å²) in [6, 6.07) is 84.1. The van der Waals surface area contributed by atoms with Gasteiger partial charge in [-0.25, -0.2) is 0 Å². The average Bonchev–Trinajstić information content (AvgIpc) is 3.69. The van der Waals surface area contributed by atoms with Crippen molar-refractivity contribution in [2.45, 2.75) is 18.3 Å². The van der Waals surface area contributed by atoms with Crippen molar-refractivity contribution in [2.24, 2.45) is 0 Å². The summed E-state index contributed by atoms with van der Waals surface area (Å²) in [6.45, 7) is 0. The fourth-order valence-electron chi connectivity index (χ4n) is 9.88. The van der Waals surface area contributed by atoms with E-state index in [9.17, 15) is 0 Å². The molecule has 0 spiro atoms. The molecule has 0 radical (unpaired) electrons. The summed E-state index contributed by atoms with van der Waals surface area (Å²) in [7, 11) is 0. The molecule has 0 aliphatic heterocycles. The molecule has 61 heavy (non-hydrogen) atoms. The Kier molecular flexibility index (Phi) is 9.24. The smallest absolute Gasteiger partial charge is 0.0701 e. The molecule has 1 aromatic heterocycles. The van der Waals surface area contributed by atoms with Gasteiger partial charge < -0.3 is 9.47 Å². The Morgan fingerprint density at radius 2 is 0.836 bits per heavy atom. The molecule has 1 aliphatic carbocycles. The first-order valence-electron chi connectivity index (χ1n) is 21.3. The molecule has 0 saturated heterocycles. The van der Waals surface area contributed by atoms with E-state index in [4.69, 9.17) is 0 Å². The summed E-state index contributed by atoms with van der Waals surface area (Å²) >= 11 is 0. The van der Waals surface area contributed by atoms with E-state index in [1.807, 2.05) is 0 Å². The molecule has 0 N–H and O–H groups in total. The van der Waals surface area contributed by atoms with E-state index in [-0.39, 0.29) is 0 Å². The highest BCUT2D eigenvalue weighted by Crippen LogP contribution is 2.47. The van der Waals surface area contributed by atoms with Gasteiger partial charge in [0.05, 0.1) is 16.4 Å². The molecular weight excluding hydrogens is 737 g/mol. The van der Waals surface area contributed by atoms with Gasteiger partial charge in [-0.05, 0) is 100.0 Å². The minimum Gasteiger partial charge on any atom is -0.311 e. The van der Waals surface area contributed by atoms with Gasteiger partial charge in [-0.2, -0.15) is 0 Å². The third-order valence-electron chi connectivity index (χ3n) is 12.6. The second-order valence-electron chi connectivity index (χ2n) is 15.9. The minimum absolute atomic E-state index is 0.510. The molecule has 0 fully saturated rings. The van der Waals surface area contributed by atoms with Gasteiger partial charge in [0.15, 0.2) is 0 Å². The first-order valence-corrected chi connectivity index (χ1v) is 21.3. The molecule has 0 amide bonds. The van der Waals surface area contributed by atoms with Gasteiger partial charge in [0, 0.05) is 39.1 Å². The maximum atomic E-state index is 2.49. The van der Waals surface area contributed by atoms with Crippen LogP contribution in [0.4, 0.5) is 17.1 Å². The van der Waals surface area contributed by atoms with E-state index in [0.717, 1.165) is 29.9 Å². The van der Waals surface area contributed by atoms with E-state index in [1.165, 1.54) is 71.7 Å². The molecule has 1 aliphatic rings. The van der Waals surface area contributed by atoms with Crippen LogP contribution in [-0.2, 0) is 5.41 Å². The lowest BCUT2D eigenvalue weighted by molar-refractivity contribution is 0.745. The number of nitrogens with zero attached hydrogens (tertiary/aromatic N) is 2. The molecule has 0 saturated carbocycles. The number of para-hydroxylation sites is 2. The van der Waals surface area contributed by atoms with Crippen LogP contribution in [0.5, 0.6) is 0 Å². The van der Waals surface area contributed by atoms with Gasteiger partial charge in [0.2, 0.25) is 0 Å². The summed E-state index contributed by atoms with van der Waals surface area (Å²) in [5.41, 5.74) is 13.9. The van der Waals surface area contributed by atoms with Crippen LogP contribution in [-0.4, -0.2) is 4.57 Å². The van der Waals surface area contributed by atoms with Crippen molar-refractivity contribution < 1.29 is 0 Å². The normalized spacial score (nSPS) is 13.0. The lowest BCUT2D eigenvalue weighted by Gasteiger charge is -2.37. The predicted molar refractivity (Wildman–Crippen MR) is 258 cm³/mol. The Morgan fingerprint density at radius 3 is 1.46 bits per heavy atom. The molecule has 0 atom stereocenters. The maximum absolute atomic E-state index is 2.49. The highest BCUT2D eigenvalue weighted by molar-refractivity contribution is 6.23. The molecule has 10 aromatic rings. The van der Waals surface area contributed by atoms with Crippen molar-refractivity contribution in [1.29, 1.82) is 0 Å². The molecule has 1 heterocycles. The van der Waals surface area contributed by atoms with E-state index in [1.54, 1.807) is 0 Å². The number of hydrogen-bond acceptors (Lipinski definition) is 1. The number of anilines is 3. The highest BCUT2D eigenvalue weighted by atomic mass is 15.1. The highest BCUT2D eigenvalue weighted by Gasteiger charge is 2.38. The van der Waals surface area contributed by atoms with Gasteiger partial charge in [-0.15, -0.1) is 0 Å². The van der Waals surface area contributed by atoms with Crippen LogP contribution in [0, 0.1) is 0 Å². The quantitative estimate of drug-likeness (QED) is 0.132. The topological polar surface area (TPSA) is 8.17 Å². The number of rotatable bonds is 9. The first kappa shape index (κ1) is 36.4. The SMILES string of the molecule is C1=C(c2ccc(N(c3ccccc3)c3ccc(C(c4ccccc4)(c4ccccc4)c4ccccc4)cc3)cc2)C(n2c3ccccc3c3c4ccccc4ccc32)=CCC1. The minimum atomic E-state index is -0.510. The lowest BCUT2D eigenvalue weighted by Crippen LogP contribution is -2.31. The van der Waals surface area contributed by atoms with E-state index >= 15 is 0 Å². The van der Waals surface area contributed by atoms with Gasteiger partial charge in [0.25, 0.3) is 0 Å². The van der Waals surface area contributed by atoms with Crippen LogP contribution in [0.25, 0.3) is 43.8 Å². The summed E-state index contributed by atoms with van der Waals surface area (Å²) < 4.78 is 2.49. The molecule has 0 unspecified atom stereocenters. The largest absolute Gasteiger partial charge is 0.311 e. The van der Waals surface area contributed by atoms with Crippen LogP contribution < -0.4 is 4.90 Å². The van der Waals surface area contributed by atoms with Gasteiger partial charge in [0.1, 0.15) is 0 Å². The fourth-order valence-corrected chi connectivity index (χ4v) is 9.88. The lowest BCUT2D eigenvalue weighted by atomic mass is 9.65. The molecule has 9 aromatic carbocycles. The van der Waals surface area contributed by atoms with Gasteiger partial charge in [-0.3, -0.25) is 0 Å². The van der Waals surface area contributed by atoms with Crippen LogP contribution in [0.3, 0.4) is 0 Å². The molecular formula is C59H44N2. The zero-order valence-corrected chi connectivity index (χ0v) is 33.9. The van der Waals surface area contributed by atoms with Crippen LogP contribution >= 0.6 is 0 Å². The zero-order valence-electron chi connectivity index (χ0n) is 33.9. The Labute approximate surface area is 357 Å². The van der Waals surface area contributed by atoms with Crippen molar-refractivity contribution in [2.75, 3.05) is 4.90 Å². The number of benzene rings is 9. The van der Waals surface area contributed by atoms with Crippen molar-refractivity contribution in [3.05, 3.63) is 270 Å². The van der Waals surface area contributed by atoms with Crippen molar-refractivity contribution in [1.82, 2.24) is 4.57 Å². The maximum Gasteiger partial charge on any atom is 0.0701 e. The van der Waals surface area contributed by atoms with E-state index < -0.39 is 5.41 Å².